The average Bonchev–Trinajstić information content (AvgIpc) is 2.33. The molecule has 0 aliphatic heterocycles. The summed E-state index contributed by atoms with van der Waals surface area (Å²) in [6.07, 6.45) is 0. The van der Waals surface area contributed by atoms with E-state index in [4.69, 9.17) is 10.5 Å². The Hall–Kier alpha value is -2.72. The molecule has 0 aliphatic rings. The smallest absolute Gasteiger partial charge is 0.142 e. The summed E-state index contributed by atoms with van der Waals surface area (Å²) in [5.41, 5.74) is -0.391. The monoisotopic (exact) mass is 210 g/mol. The normalized spacial score (nSPS) is 9.62. The maximum atomic E-state index is 9.80. The van der Waals surface area contributed by atoms with Crippen molar-refractivity contribution in [1.29, 1.82) is 10.5 Å². The molecular formula is C12H6N2O2. The van der Waals surface area contributed by atoms with E-state index < -0.39 is 0 Å². The van der Waals surface area contributed by atoms with Gasteiger partial charge in [0.15, 0.2) is 0 Å². The highest BCUT2D eigenvalue weighted by Gasteiger charge is 2.17. The first kappa shape index (κ1) is 9.82. The highest BCUT2D eigenvalue weighted by Crippen LogP contribution is 2.38. The van der Waals surface area contributed by atoms with Crippen molar-refractivity contribution < 1.29 is 10.2 Å². The fourth-order valence-electron chi connectivity index (χ4n) is 1.62. The van der Waals surface area contributed by atoms with E-state index in [1.165, 1.54) is 0 Å². The zero-order valence-electron chi connectivity index (χ0n) is 8.10. The van der Waals surface area contributed by atoms with Gasteiger partial charge in [-0.3, -0.25) is 0 Å². The molecule has 0 radical (unpaired) electrons. The van der Waals surface area contributed by atoms with Gasteiger partial charge < -0.3 is 10.2 Å². The quantitative estimate of drug-likeness (QED) is 0.651. The van der Waals surface area contributed by atoms with E-state index in [0.717, 1.165) is 0 Å². The second kappa shape index (κ2) is 3.45. The van der Waals surface area contributed by atoms with Crippen LogP contribution in [0.3, 0.4) is 0 Å². The van der Waals surface area contributed by atoms with Crippen molar-refractivity contribution in [1.82, 2.24) is 0 Å². The molecular weight excluding hydrogens is 204 g/mol. The molecule has 76 valence electrons. The van der Waals surface area contributed by atoms with E-state index in [1.54, 1.807) is 36.4 Å². The number of phenolic OH excluding ortho intramolecular Hbond substituents is 2. The first-order valence-corrected chi connectivity index (χ1v) is 4.47. The van der Waals surface area contributed by atoms with Crippen LogP contribution in [0.2, 0.25) is 0 Å². The van der Waals surface area contributed by atoms with Gasteiger partial charge in [-0.15, -0.1) is 0 Å². The highest BCUT2D eigenvalue weighted by atomic mass is 16.3. The van der Waals surface area contributed by atoms with Crippen LogP contribution >= 0.6 is 0 Å². The number of phenols is 2. The van der Waals surface area contributed by atoms with Crippen molar-refractivity contribution in [3.05, 3.63) is 35.4 Å². The summed E-state index contributed by atoms with van der Waals surface area (Å²) in [5.74, 6) is -0.542. The lowest BCUT2D eigenvalue weighted by Gasteiger charge is -2.07. The second-order valence-electron chi connectivity index (χ2n) is 3.22. The molecule has 0 unspecified atom stereocenters. The fourth-order valence-corrected chi connectivity index (χ4v) is 1.62. The molecule has 16 heavy (non-hydrogen) atoms. The van der Waals surface area contributed by atoms with Crippen LogP contribution in [0.5, 0.6) is 11.5 Å². The first-order chi connectivity index (χ1) is 7.70. The molecule has 0 fully saturated rings. The van der Waals surface area contributed by atoms with Gasteiger partial charge in [0, 0.05) is 10.8 Å². The predicted octanol–water partition coefficient (Wildman–Crippen LogP) is 1.99. The third-order valence-corrected chi connectivity index (χ3v) is 2.38. The van der Waals surface area contributed by atoms with E-state index in [2.05, 4.69) is 0 Å². The second-order valence-corrected chi connectivity index (χ2v) is 3.22. The van der Waals surface area contributed by atoms with E-state index in [1.807, 2.05) is 0 Å². The van der Waals surface area contributed by atoms with Gasteiger partial charge in [0.2, 0.25) is 0 Å². The van der Waals surface area contributed by atoms with Crippen LogP contribution in [0.4, 0.5) is 0 Å². The number of fused-ring (bicyclic) bond motifs is 1. The van der Waals surface area contributed by atoms with Gasteiger partial charge in [0.05, 0.1) is 0 Å². The van der Waals surface area contributed by atoms with E-state index >= 15 is 0 Å². The van der Waals surface area contributed by atoms with Gasteiger partial charge in [-0.2, -0.15) is 10.5 Å². The number of hydrogen-bond acceptors (Lipinski definition) is 4. The third kappa shape index (κ3) is 1.14. The topological polar surface area (TPSA) is 88.0 Å². The number of nitrogens with zero attached hydrogens (tertiary/aromatic N) is 2. The molecule has 4 heteroatoms. The van der Waals surface area contributed by atoms with Crippen molar-refractivity contribution in [3.63, 3.8) is 0 Å². The molecule has 2 rings (SSSR count). The van der Waals surface area contributed by atoms with Crippen molar-refractivity contribution in [3.8, 4) is 23.6 Å². The molecule has 0 saturated carbocycles. The summed E-state index contributed by atoms with van der Waals surface area (Å²) in [4.78, 5) is 0. The Bertz CT molecular complexity index is 605. The molecule has 0 atom stereocenters. The summed E-state index contributed by atoms with van der Waals surface area (Å²) >= 11 is 0. The zero-order valence-corrected chi connectivity index (χ0v) is 8.10. The minimum atomic E-state index is -0.271. The molecule has 0 aromatic heterocycles. The van der Waals surface area contributed by atoms with E-state index in [-0.39, 0.29) is 22.6 Å². The molecule has 0 spiro atoms. The fraction of sp³-hybridized carbons (Fsp3) is 0. The van der Waals surface area contributed by atoms with Crippen LogP contribution in [-0.4, -0.2) is 10.2 Å². The van der Waals surface area contributed by atoms with Crippen LogP contribution in [0.15, 0.2) is 24.3 Å². The molecule has 0 aliphatic carbocycles. The lowest BCUT2D eigenvalue weighted by atomic mass is 9.99. The standard InChI is InChI=1S/C12H6N2O2/c13-5-9-10(6-14)12(16)8-4-2-1-3-7(8)11(9)15/h1-4,15-16H. The molecule has 2 aromatic carbocycles. The van der Waals surface area contributed by atoms with Gasteiger partial charge in [-0.25, -0.2) is 0 Å². The Morgan fingerprint density at radius 3 is 1.50 bits per heavy atom. The van der Waals surface area contributed by atoms with Crippen LogP contribution < -0.4 is 0 Å². The third-order valence-electron chi connectivity index (χ3n) is 2.38. The number of hydrogen-bond donors (Lipinski definition) is 2. The zero-order chi connectivity index (χ0) is 11.7. The maximum absolute atomic E-state index is 9.80. The number of aromatic hydroxyl groups is 2. The van der Waals surface area contributed by atoms with E-state index in [9.17, 15) is 10.2 Å². The van der Waals surface area contributed by atoms with Crippen molar-refractivity contribution in [2.45, 2.75) is 0 Å². The molecule has 2 N–H and O–H groups in total. The van der Waals surface area contributed by atoms with Crippen molar-refractivity contribution in [2.24, 2.45) is 0 Å². The van der Waals surface area contributed by atoms with Crippen LogP contribution in [0, 0.1) is 22.7 Å². The van der Waals surface area contributed by atoms with Crippen molar-refractivity contribution >= 4 is 10.8 Å². The Morgan fingerprint density at radius 1 is 0.812 bits per heavy atom. The summed E-state index contributed by atoms with van der Waals surface area (Å²) in [7, 11) is 0. The van der Waals surface area contributed by atoms with Crippen molar-refractivity contribution in [2.75, 3.05) is 0 Å². The predicted molar refractivity (Wildman–Crippen MR) is 56.7 cm³/mol. The molecule has 0 amide bonds. The van der Waals surface area contributed by atoms with E-state index in [0.29, 0.717) is 10.8 Å². The van der Waals surface area contributed by atoms with Gasteiger partial charge in [0.25, 0.3) is 0 Å². The summed E-state index contributed by atoms with van der Waals surface area (Å²) in [5, 5.41) is 38.0. The number of rotatable bonds is 0. The first-order valence-electron chi connectivity index (χ1n) is 4.47. The molecule has 0 heterocycles. The van der Waals surface area contributed by atoms with Crippen LogP contribution in [0.1, 0.15) is 11.1 Å². The van der Waals surface area contributed by atoms with Gasteiger partial charge in [-0.05, 0) is 0 Å². The summed E-state index contributed by atoms with van der Waals surface area (Å²) < 4.78 is 0. The maximum Gasteiger partial charge on any atom is 0.142 e. The lowest BCUT2D eigenvalue weighted by molar-refractivity contribution is 0.466. The van der Waals surface area contributed by atoms with Crippen LogP contribution in [0.25, 0.3) is 10.8 Å². The largest absolute Gasteiger partial charge is 0.506 e. The lowest BCUT2D eigenvalue weighted by Crippen LogP contribution is -1.88. The van der Waals surface area contributed by atoms with Gasteiger partial charge in [-0.1, -0.05) is 24.3 Å². The minimum absolute atomic E-state index is 0.196. The molecule has 0 saturated heterocycles. The van der Waals surface area contributed by atoms with Gasteiger partial charge in [0.1, 0.15) is 34.8 Å². The number of benzene rings is 2. The molecule has 2 aromatic rings. The summed E-state index contributed by atoms with van der Waals surface area (Å²) in [6.45, 7) is 0. The molecule has 0 bridgehead atoms. The Morgan fingerprint density at radius 2 is 1.19 bits per heavy atom. The van der Waals surface area contributed by atoms with Crippen LogP contribution in [-0.2, 0) is 0 Å². The minimum Gasteiger partial charge on any atom is -0.506 e. The Kier molecular flexibility index (Phi) is 2.12. The SMILES string of the molecule is N#Cc1c(C#N)c(O)c2ccccc2c1O. The van der Waals surface area contributed by atoms with Gasteiger partial charge >= 0.3 is 0 Å². The highest BCUT2D eigenvalue weighted by molar-refractivity contribution is 5.97. The summed E-state index contributed by atoms with van der Waals surface area (Å²) in [6, 6.07) is 9.93. The Labute approximate surface area is 91.2 Å². The Balaban J connectivity index is 3.08. The molecule has 4 nitrogen and oxygen atoms in total. The average molecular weight is 210 g/mol. The number of nitriles is 2.